The summed E-state index contributed by atoms with van der Waals surface area (Å²) >= 11 is 0. The Bertz CT molecular complexity index is 1080. The van der Waals surface area contributed by atoms with Crippen LogP contribution < -0.4 is 10.1 Å². The Balaban J connectivity index is 1.53. The van der Waals surface area contributed by atoms with Crippen molar-refractivity contribution in [3.05, 3.63) is 90.8 Å². The standard InChI is InChI=1S/C22H17FN4O/c1-15-4-9-21(26-14-15)27-17-5-7-18(8-6-17)28-22-19(3-2-11-25-22)16-10-12-24-20(23)13-16/h2-14H,1H3,(H,26,27). The molecule has 0 aliphatic carbocycles. The number of hydrogen-bond acceptors (Lipinski definition) is 5. The summed E-state index contributed by atoms with van der Waals surface area (Å²) in [5.41, 5.74) is 3.34. The summed E-state index contributed by atoms with van der Waals surface area (Å²) in [6.45, 7) is 2.00. The highest BCUT2D eigenvalue weighted by Crippen LogP contribution is 2.31. The zero-order valence-corrected chi connectivity index (χ0v) is 15.1. The highest BCUT2D eigenvalue weighted by molar-refractivity contribution is 5.68. The second-order valence-electron chi connectivity index (χ2n) is 6.20. The Kier molecular flexibility index (Phi) is 4.93. The number of aromatic nitrogens is 3. The molecule has 0 fully saturated rings. The van der Waals surface area contributed by atoms with Crippen molar-refractivity contribution in [2.45, 2.75) is 6.92 Å². The van der Waals surface area contributed by atoms with E-state index in [1.807, 2.05) is 55.6 Å². The first-order valence-corrected chi connectivity index (χ1v) is 8.72. The summed E-state index contributed by atoms with van der Waals surface area (Å²) in [6, 6.07) is 18.1. The molecule has 0 amide bonds. The number of ether oxygens (including phenoxy) is 1. The Hall–Kier alpha value is -3.80. The van der Waals surface area contributed by atoms with Crippen LogP contribution in [0.2, 0.25) is 0 Å². The molecule has 0 bridgehead atoms. The van der Waals surface area contributed by atoms with Crippen molar-refractivity contribution in [1.82, 2.24) is 15.0 Å². The number of anilines is 2. The van der Waals surface area contributed by atoms with Gasteiger partial charge in [-0.3, -0.25) is 0 Å². The molecule has 0 spiro atoms. The van der Waals surface area contributed by atoms with Crippen LogP contribution in [0.15, 0.2) is 79.3 Å². The maximum atomic E-state index is 13.5. The average Bonchev–Trinajstić information content (AvgIpc) is 2.72. The van der Waals surface area contributed by atoms with E-state index in [4.69, 9.17) is 4.74 Å². The molecule has 0 aliphatic rings. The number of hydrogen-bond donors (Lipinski definition) is 1. The fourth-order valence-electron chi connectivity index (χ4n) is 2.67. The Morgan fingerprint density at radius 3 is 2.50 bits per heavy atom. The maximum Gasteiger partial charge on any atom is 0.227 e. The number of pyridine rings is 3. The number of benzene rings is 1. The highest BCUT2D eigenvalue weighted by Gasteiger charge is 2.10. The van der Waals surface area contributed by atoms with Crippen molar-refractivity contribution in [2.75, 3.05) is 5.32 Å². The molecular formula is C22H17FN4O. The Labute approximate surface area is 161 Å². The lowest BCUT2D eigenvalue weighted by atomic mass is 10.1. The van der Waals surface area contributed by atoms with E-state index in [-0.39, 0.29) is 0 Å². The molecule has 3 aromatic heterocycles. The molecule has 0 unspecified atom stereocenters. The van der Waals surface area contributed by atoms with Gasteiger partial charge in [-0.15, -0.1) is 0 Å². The van der Waals surface area contributed by atoms with E-state index < -0.39 is 5.95 Å². The van der Waals surface area contributed by atoms with Gasteiger partial charge in [-0.05, 0) is 66.6 Å². The molecule has 0 saturated carbocycles. The van der Waals surface area contributed by atoms with Crippen LogP contribution in [0.1, 0.15) is 5.56 Å². The molecule has 0 atom stereocenters. The van der Waals surface area contributed by atoms with Gasteiger partial charge in [-0.25, -0.2) is 15.0 Å². The van der Waals surface area contributed by atoms with Gasteiger partial charge in [0.25, 0.3) is 0 Å². The summed E-state index contributed by atoms with van der Waals surface area (Å²) in [6.07, 6.45) is 4.86. The minimum Gasteiger partial charge on any atom is -0.438 e. The normalized spacial score (nSPS) is 10.5. The molecular weight excluding hydrogens is 355 g/mol. The van der Waals surface area contributed by atoms with E-state index in [1.54, 1.807) is 18.3 Å². The molecule has 0 aliphatic heterocycles. The van der Waals surface area contributed by atoms with Gasteiger partial charge in [0.1, 0.15) is 11.6 Å². The molecule has 4 rings (SSSR count). The largest absolute Gasteiger partial charge is 0.438 e. The average molecular weight is 372 g/mol. The van der Waals surface area contributed by atoms with E-state index in [2.05, 4.69) is 20.3 Å². The maximum absolute atomic E-state index is 13.5. The summed E-state index contributed by atoms with van der Waals surface area (Å²) in [7, 11) is 0. The number of rotatable bonds is 5. The number of nitrogens with zero attached hydrogens (tertiary/aromatic N) is 3. The van der Waals surface area contributed by atoms with Crippen molar-refractivity contribution in [2.24, 2.45) is 0 Å². The topological polar surface area (TPSA) is 59.9 Å². The minimum absolute atomic E-state index is 0.397. The van der Waals surface area contributed by atoms with Crippen molar-refractivity contribution >= 4 is 11.5 Å². The Morgan fingerprint density at radius 2 is 1.75 bits per heavy atom. The predicted octanol–water partition coefficient (Wildman–Crippen LogP) is 5.52. The minimum atomic E-state index is -0.549. The first-order valence-electron chi connectivity index (χ1n) is 8.72. The van der Waals surface area contributed by atoms with Gasteiger partial charge in [-0.2, -0.15) is 4.39 Å². The number of aryl methyl sites for hydroxylation is 1. The highest BCUT2D eigenvalue weighted by atomic mass is 19.1. The van der Waals surface area contributed by atoms with E-state index in [9.17, 15) is 4.39 Å². The Morgan fingerprint density at radius 1 is 0.893 bits per heavy atom. The van der Waals surface area contributed by atoms with Gasteiger partial charge >= 0.3 is 0 Å². The predicted molar refractivity (Wildman–Crippen MR) is 106 cm³/mol. The van der Waals surface area contributed by atoms with Crippen molar-refractivity contribution in [3.8, 4) is 22.8 Å². The number of nitrogens with one attached hydrogen (secondary N) is 1. The summed E-state index contributed by atoms with van der Waals surface area (Å²) in [4.78, 5) is 12.2. The van der Waals surface area contributed by atoms with E-state index in [1.165, 1.54) is 12.3 Å². The third-order valence-electron chi connectivity index (χ3n) is 4.06. The van der Waals surface area contributed by atoms with Crippen molar-refractivity contribution in [1.29, 1.82) is 0 Å². The van der Waals surface area contributed by atoms with Gasteiger partial charge in [0.05, 0.1) is 0 Å². The number of halogens is 1. The second-order valence-corrected chi connectivity index (χ2v) is 6.20. The molecule has 1 N–H and O–H groups in total. The fourth-order valence-corrected chi connectivity index (χ4v) is 2.67. The first-order chi connectivity index (χ1) is 13.7. The first kappa shape index (κ1) is 17.6. The molecule has 0 saturated heterocycles. The zero-order chi connectivity index (χ0) is 19.3. The quantitative estimate of drug-likeness (QED) is 0.467. The van der Waals surface area contributed by atoms with Crippen LogP contribution in [0.3, 0.4) is 0 Å². The molecule has 3 heterocycles. The summed E-state index contributed by atoms with van der Waals surface area (Å²) in [5, 5.41) is 3.23. The zero-order valence-electron chi connectivity index (χ0n) is 15.1. The third kappa shape index (κ3) is 4.12. The SMILES string of the molecule is Cc1ccc(Nc2ccc(Oc3ncccc3-c3ccnc(F)c3)cc2)nc1. The molecule has 5 nitrogen and oxygen atoms in total. The fraction of sp³-hybridized carbons (Fsp3) is 0.0455. The van der Waals surface area contributed by atoms with Crippen LogP contribution in [0.4, 0.5) is 15.9 Å². The van der Waals surface area contributed by atoms with E-state index >= 15 is 0 Å². The molecule has 1 aromatic carbocycles. The van der Waals surface area contributed by atoms with Crippen LogP contribution in [0, 0.1) is 12.9 Å². The van der Waals surface area contributed by atoms with E-state index in [0.29, 0.717) is 22.8 Å². The monoisotopic (exact) mass is 372 g/mol. The molecule has 0 radical (unpaired) electrons. The smallest absolute Gasteiger partial charge is 0.227 e. The molecule has 138 valence electrons. The van der Waals surface area contributed by atoms with Crippen LogP contribution in [0.25, 0.3) is 11.1 Å². The van der Waals surface area contributed by atoms with Gasteiger partial charge < -0.3 is 10.1 Å². The summed E-state index contributed by atoms with van der Waals surface area (Å²) in [5.74, 6) is 1.24. The van der Waals surface area contributed by atoms with Gasteiger partial charge in [0, 0.05) is 35.9 Å². The van der Waals surface area contributed by atoms with Crippen LogP contribution in [-0.2, 0) is 0 Å². The van der Waals surface area contributed by atoms with Gasteiger partial charge in [0.2, 0.25) is 11.8 Å². The van der Waals surface area contributed by atoms with Crippen LogP contribution in [-0.4, -0.2) is 15.0 Å². The lowest BCUT2D eigenvalue weighted by Crippen LogP contribution is -1.94. The lowest BCUT2D eigenvalue weighted by molar-refractivity contribution is 0.465. The molecule has 4 aromatic rings. The van der Waals surface area contributed by atoms with Gasteiger partial charge in [-0.1, -0.05) is 6.07 Å². The van der Waals surface area contributed by atoms with Gasteiger partial charge in [0.15, 0.2) is 0 Å². The summed E-state index contributed by atoms with van der Waals surface area (Å²) < 4.78 is 19.4. The van der Waals surface area contributed by atoms with Crippen molar-refractivity contribution < 1.29 is 9.13 Å². The molecule has 28 heavy (non-hydrogen) atoms. The van der Waals surface area contributed by atoms with Crippen LogP contribution >= 0.6 is 0 Å². The van der Waals surface area contributed by atoms with E-state index in [0.717, 1.165) is 17.1 Å². The lowest BCUT2D eigenvalue weighted by Gasteiger charge is -2.11. The van der Waals surface area contributed by atoms with Crippen molar-refractivity contribution in [3.63, 3.8) is 0 Å². The molecule has 6 heteroatoms. The van der Waals surface area contributed by atoms with Crippen LogP contribution in [0.5, 0.6) is 11.6 Å². The second kappa shape index (κ2) is 7.84. The third-order valence-corrected chi connectivity index (χ3v) is 4.06.